The quantitative estimate of drug-likeness (QED) is 0.426. The molecule has 1 saturated heterocycles. The summed E-state index contributed by atoms with van der Waals surface area (Å²) in [6.45, 7) is 2.94. The highest BCUT2D eigenvalue weighted by atomic mass is 32.2. The normalized spacial score (nSPS) is 15.4. The van der Waals surface area contributed by atoms with Crippen LogP contribution in [0, 0.1) is 17.2 Å². The molecule has 0 aromatic heterocycles. The predicted octanol–water partition coefficient (Wildman–Crippen LogP) is 4.91. The molecule has 36 heavy (non-hydrogen) atoms. The molecule has 1 aliphatic rings. The SMILES string of the molecule is CCS(=O)(=O)c1ccc(N/C(=C/C#N)N2CCC(C(O)(c3ccccc3)c3ccccc3)CC2)cc1. The number of aliphatic hydroxyl groups is 1. The Hall–Kier alpha value is -3.60. The molecule has 1 aliphatic heterocycles. The van der Waals surface area contributed by atoms with Gasteiger partial charge in [0, 0.05) is 18.8 Å². The van der Waals surface area contributed by atoms with Crippen LogP contribution in [0.2, 0.25) is 0 Å². The Labute approximate surface area is 213 Å². The first kappa shape index (κ1) is 25.5. The first-order valence-corrected chi connectivity index (χ1v) is 13.8. The summed E-state index contributed by atoms with van der Waals surface area (Å²) in [5.74, 6) is 0.706. The van der Waals surface area contributed by atoms with Crippen LogP contribution in [0.25, 0.3) is 0 Å². The molecule has 1 fully saturated rings. The number of sulfone groups is 1. The Morgan fingerprint density at radius 3 is 2.00 bits per heavy atom. The van der Waals surface area contributed by atoms with Crippen LogP contribution in [0.15, 0.2) is 102 Å². The van der Waals surface area contributed by atoms with Crippen LogP contribution in [0.5, 0.6) is 0 Å². The van der Waals surface area contributed by atoms with Crippen LogP contribution in [-0.4, -0.2) is 37.3 Å². The second-order valence-corrected chi connectivity index (χ2v) is 11.2. The standard InChI is InChI=1S/C29H31N3O3S/c1-2-36(34,35)27-15-13-26(14-16-27)31-28(17-20-30)32-21-18-25(19-22-32)29(33,23-9-5-3-6-10-23)24-11-7-4-8-12-24/h3-17,25,31,33H,2,18-19,21-22H2,1H3/b28-17-. The molecule has 2 N–H and O–H groups in total. The lowest BCUT2D eigenvalue weighted by Gasteiger charge is -2.43. The van der Waals surface area contributed by atoms with Gasteiger partial charge in [-0.05, 0) is 54.2 Å². The van der Waals surface area contributed by atoms with Crippen molar-refractivity contribution in [2.75, 3.05) is 24.2 Å². The summed E-state index contributed by atoms with van der Waals surface area (Å²) in [7, 11) is -3.27. The molecule has 3 aromatic rings. The van der Waals surface area contributed by atoms with Crippen molar-refractivity contribution >= 4 is 15.5 Å². The average Bonchev–Trinajstić information content (AvgIpc) is 2.94. The minimum atomic E-state index is -3.27. The van der Waals surface area contributed by atoms with Crippen molar-refractivity contribution in [3.63, 3.8) is 0 Å². The molecule has 0 bridgehead atoms. The molecule has 0 spiro atoms. The first-order chi connectivity index (χ1) is 17.4. The third-order valence-electron chi connectivity index (χ3n) is 6.92. The molecule has 4 rings (SSSR count). The fraction of sp³-hybridized carbons (Fsp3) is 0.276. The van der Waals surface area contributed by atoms with Crippen LogP contribution in [0.3, 0.4) is 0 Å². The van der Waals surface area contributed by atoms with Gasteiger partial charge in [-0.25, -0.2) is 8.42 Å². The van der Waals surface area contributed by atoms with Gasteiger partial charge in [0.15, 0.2) is 9.84 Å². The van der Waals surface area contributed by atoms with Crippen LogP contribution >= 0.6 is 0 Å². The summed E-state index contributed by atoms with van der Waals surface area (Å²) >= 11 is 0. The van der Waals surface area contributed by atoms with E-state index in [4.69, 9.17) is 0 Å². The number of anilines is 1. The lowest BCUT2D eigenvalue weighted by atomic mass is 9.72. The van der Waals surface area contributed by atoms with Gasteiger partial charge in [0.05, 0.1) is 22.8 Å². The number of nitriles is 1. The summed E-state index contributed by atoms with van der Waals surface area (Å²) in [5, 5.41) is 24.8. The van der Waals surface area contributed by atoms with Gasteiger partial charge in [-0.15, -0.1) is 0 Å². The van der Waals surface area contributed by atoms with Gasteiger partial charge in [-0.3, -0.25) is 0 Å². The number of benzene rings is 3. The molecular formula is C29H31N3O3S. The van der Waals surface area contributed by atoms with Crippen molar-refractivity contribution in [1.29, 1.82) is 5.26 Å². The number of hydrogen-bond acceptors (Lipinski definition) is 6. The molecule has 7 heteroatoms. The molecule has 6 nitrogen and oxygen atoms in total. The summed E-state index contributed by atoms with van der Waals surface area (Å²) in [6.07, 6.45) is 2.94. The highest BCUT2D eigenvalue weighted by Crippen LogP contribution is 2.42. The van der Waals surface area contributed by atoms with Crippen molar-refractivity contribution in [1.82, 2.24) is 4.90 Å². The molecule has 1 heterocycles. The van der Waals surface area contributed by atoms with E-state index in [1.165, 1.54) is 6.08 Å². The maximum Gasteiger partial charge on any atom is 0.178 e. The van der Waals surface area contributed by atoms with Gasteiger partial charge in [0.2, 0.25) is 0 Å². The van der Waals surface area contributed by atoms with Gasteiger partial charge in [0.1, 0.15) is 11.4 Å². The number of hydrogen-bond donors (Lipinski definition) is 2. The number of allylic oxidation sites excluding steroid dienone is 1. The molecule has 186 valence electrons. The van der Waals surface area contributed by atoms with Crippen molar-refractivity contribution in [2.24, 2.45) is 5.92 Å². The Morgan fingerprint density at radius 1 is 1.00 bits per heavy atom. The minimum Gasteiger partial charge on any atom is -0.380 e. The maximum atomic E-state index is 12.1. The minimum absolute atomic E-state index is 0.000389. The van der Waals surface area contributed by atoms with Crippen LogP contribution in [0.1, 0.15) is 30.9 Å². The zero-order chi connectivity index (χ0) is 25.6. The van der Waals surface area contributed by atoms with E-state index in [1.807, 2.05) is 60.7 Å². The number of likely N-dealkylation sites (tertiary alicyclic amines) is 1. The summed E-state index contributed by atoms with van der Waals surface area (Å²) in [5.41, 5.74) is 1.35. The van der Waals surface area contributed by atoms with Crippen molar-refractivity contribution < 1.29 is 13.5 Å². The Bertz CT molecular complexity index is 1280. The molecule has 0 unspecified atom stereocenters. The third-order valence-corrected chi connectivity index (χ3v) is 8.67. The van der Waals surface area contributed by atoms with E-state index < -0.39 is 15.4 Å². The molecule has 0 amide bonds. The van der Waals surface area contributed by atoms with Gasteiger partial charge in [-0.2, -0.15) is 5.26 Å². The highest BCUT2D eigenvalue weighted by molar-refractivity contribution is 7.91. The number of nitrogens with zero attached hydrogens (tertiary/aromatic N) is 2. The van der Waals surface area contributed by atoms with Crippen molar-refractivity contribution in [3.8, 4) is 6.07 Å². The second-order valence-electron chi connectivity index (χ2n) is 8.97. The third kappa shape index (κ3) is 5.30. The molecule has 3 aromatic carbocycles. The van der Waals surface area contributed by atoms with E-state index in [1.54, 1.807) is 31.2 Å². The summed E-state index contributed by atoms with van der Waals surface area (Å²) < 4.78 is 24.2. The molecule has 0 aliphatic carbocycles. The van der Waals surface area contributed by atoms with E-state index in [0.717, 1.165) is 24.0 Å². The van der Waals surface area contributed by atoms with Gasteiger partial charge in [-0.1, -0.05) is 67.6 Å². The van der Waals surface area contributed by atoms with Crippen LogP contribution in [0.4, 0.5) is 5.69 Å². The second kappa shape index (κ2) is 11.0. The number of piperidine rings is 1. The smallest absolute Gasteiger partial charge is 0.178 e. The molecule has 0 radical (unpaired) electrons. The van der Waals surface area contributed by atoms with Crippen molar-refractivity contribution in [2.45, 2.75) is 30.3 Å². The Kier molecular flexibility index (Phi) is 7.78. The van der Waals surface area contributed by atoms with E-state index in [9.17, 15) is 18.8 Å². The molecule has 0 saturated carbocycles. The average molecular weight is 502 g/mol. The topological polar surface area (TPSA) is 93.4 Å². The number of nitrogens with one attached hydrogen (secondary N) is 1. The van der Waals surface area contributed by atoms with Crippen LogP contribution in [-0.2, 0) is 15.4 Å². The lowest BCUT2D eigenvalue weighted by molar-refractivity contribution is -0.00983. The van der Waals surface area contributed by atoms with E-state index in [0.29, 0.717) is 24.6 Å². The Morgan fingerprint density at radius 2 is 1.53 bits per heavy atom. The summed E-state index contributed by atoms with van der Waals surface area (Å²) in [6, 6.07) is 28.3. The number of rotatable bonds is 8. The van der Waals surface area contributed by atoms with E-state index in [2.05, 4.69) is 16.3 Å². The van der Waals surface area contributed by atoms with Gasteiger partial charge in [0.25, 0.3) is 0 Å². The predicted molar refractivity (Wildman–Crippen MR) is 142 cm³/mol. The maximum absolute atomic E-state index is 12.1. The van der Waals surface area contributed by atoms with Crippen LogP contribution < -0.4 is 5.32 Å². The largest absolute Gasteiger partial charge is 0.380 e. The zero-order valence-corrected chi connectivity index (χ0v) is 21.2. The lowest BCUT2D eigenvalue weighted by Crippen LogP contribution is -2.44. The monoisotopic (exact) mass is 501 g/mol. The van der Waals surface area contributed by atoms with E-state index >= 15 is 0 Å². The molecule has 0 atom stereocenters. The summed E-state index contributed by atoms with van der Waals surface area (Å²) in [4.78, 5) is 2.38. The van der Waals surface area contributed by atoms with Gasteiger partial charge >= 0.3 is 0 Å². The van der Waals surface area contributed by atoms with E-state index in [-0.39, 0.29) is 16.6 Å². The van der Waals surface area contributed by atoms with Crippen molar-refractivity contribution in [3.05, 3.63) is 108 Å². The highest BCUT2D eigenvalue weighted by Gasteiger charge is 2.41. The fourth-order valence-electron chi connectivity index (χ4n) is 4.89. The first-order valence-electron chi connectivity index (χ1n) is 12.2. The Balaban J connectivity index is 1.52. The zero-order valence-electron chi connectivity index (χ0n) is 20.3. The molecular weight excluding hydrogens is 470 g/mol. The fourth-order valence-corrected chi connectivity index (χ4v) is 5.77. The van der Waals surface area contributed by atoms with Gasteiger partial charge < -0.3 is 15.3 Å².